The molecule has 3 aromatic rings. The van der Waals surface area contributed by atoms with Crippen LogP contribution in [-0.4, -0.2) is 30.5 Å². The van der Waals surface area contributed by atoms with E-state index < -0.39 is 10.0 Å². The highest BCUT2D eigenvalue weighted by Gasteiger charge is 2.22. The van der Waals surface area contributed by atoms with Gasteiger partial charge >= 0.3 is 0 Å². The Balaban J connectivity index is 1.89. The van der Waals surface area contributed by atoms with Gasteiger partial charge in [0, 0.05) is 17.3 Å². The van der Waals surface area contributed by atoms with E-state index in [4.69, 9.17) is 4.74 Å². The Morgan fingerprint density at radius 3 is 2.40 bits per heavy atom. The second kappa shape index (κ2) is 7.60. The van der Waals surface area contributed by atoms with Gasteiger partial charge in [-0.25, -0.2) is 18.1 Å². The van der Waals surface area contributed by atoms with E-state index in [2.05, 4.69) is 20.0 Å². The fraction of sp³-hybridized carbons (Fsp3) is 0.273. The van der Waals surface area contributed by atoms with E-state index in [0.29, 0.717) is 17.3 Å². The Bertz CT molecular complexity index is 1190. The number of aromatic nitrogens is 2. The molecule has 4 rings (SSSR count). The van der Waals surface area contributed by atoms with Crippen molar-refractivity contribution < 1.29 is 13.2 Å². The number of hydrogen-bond acceptors (Lipinski definition) is 6. The van der Waals surface area contributed by atoms with Gasteiger partial charge in [0.05, 0.1) is 16.6 Å². The maximum absolute atomic E-state index is 13.0. The van der Waals surface area contributed by atoms with E-state index >= 15 is 0 Å². The average molecular weight is 425 g/mol. The van der Waals surface area contributed by atoms with Crippen LogP contribution in [0.1, 0.15) is 25.0 Å². The summed E-state index contributed by atoms with van der Waals surface area (Å²) in [5.41, 5.74) is 4.29. The molecule has 0 spiro atoms. The van der Waals surface area contributed by atoms with Crippen LogP contribution in [0.4, 0.5) is 11.6 Å². The molecule has 2 aromatic carbocycles. The lowest BCUT2D eigenvalue weighted by Gasteiger charge is -2.24. The Kier molecular flexibility index (Phi) is 5.11. The van der Waals surface area contributed by atoms with Crippen molar-refractivity contribution in [1.29, 1.82) is 0 Å². The summed E-state index contributed by atoms with van der Waals surface area (Å²) in [6.45, 7) is 7.91. The van der Waals surface area contributed by atoms with E-state index in [-0.39, 0.29) is 23.0 Å². The topological polar surface area (TPSA) is 93.2 Å². The quantitative estimate of drug-likeness (QED) is 0.610. The summed E-state index contributed by atoms with van der Waals surface area (Å²) in [5, 5.41) is 3.30. The average Bonchev–Trinajstić information content (AvgIpc) is 2.67. The molecule has 1 aliphatic heterocycles. The van der Waals surface area contributed by atoms with E-state index in [9.17, 15) is 8.42 Å². The smallest absolute Gasteiger partial charge is 0.264 e. The maximum atomic E-state index is 13.0. The van der Waals surface area contributed by atoms with Gasteiger partial charge in [-0.15, -0.1) is 0 Å². The minimum atomic E-state index is -3.87. The molecule has 2 heterocycles. The number of rotatable bonds is 1. The first-order valence-corrected chi connectivity index (χ1v) is 11.2. The Morgan fingerprint density at radius 2 is 1.67 bits per heavy atom. The van der Waals surface area contributed by atoms with Crippen molar-refractivity contribution in [3.63, 3.8) is 0 Å². The third kappa shape index (κ3) is 3.95. The number of ether oxygens (including phenoxy) is 1. The van der Waals surface area contributed by atoms with E-state index in [1.807, 2.05) is 52.0 Å². The van der Waals surface area contributed by atoms with Crippen molar-refractivity contribution in [2.75, 3.05) is 10.0 Å². The number of anilines is 2. The molecule has 0 radical (unpaired) electrons. The molecular weight excluding hydrogens is 400 g/mol. The Hall–Kier alpha value is -3.13. The molecule has 2 N–H and O–H groups in total. The van der Waals surface area contributed by atoms with Crippen molar-refractivity contribution in [3.05, 3.63) is 59.7 Å². The number of sulfonamides is 1. The van der Waals surface area contributed by atoms with Crippen LogP contribution in [0, 0.1) is 13.8 Å². The number of hydrogen-bond donors (Lipinski definition) is 2. The molecule has 8 heteroatoms. The predicted octanol–water partition coefficient (Wildman–Crippen LogP) is 4.14. The van der Waals surface area contributed by atoms with Gasteiger partial charge < -0.3 is 10.1 Å². The third-order valence-corrected chi connectivity index (χ3v) is 6.54. The lowest BCUT2D eigenvalue weighted by atomic mass is 10.00. The van der Waals surface area contributed by atoms with E-state index in [1.54, 1.807) is 24.3 Å². The van der Waals surface area contributed by atoms with Crippen LogP contribution < -0.4 is 14.8 Å². The SMILES string of the molecule is Cc1cccc(C)c1-c1cc2nc(n1)NS(=O)(=O)c1cccc(c1)N[C@H](C)[C@H](C)O2. The zero-order chi connectivity index (χ0) is 21.5. The van der Waals surface area contributed by atoms with Gasteiger partial charge in [-0.3, -0.25) is 0 Å². The molecular formula is C22H24N4O3S. The zero-order valence-corrected chi connectivity index (χ0v) is 18.1. The minimum absolute atomic E-state index is 0.0241. The summed E-state index contributed by atoms with van der Waals surface area (Å²) in [6, 6.07) is 14.3. The Morgan fingerprint density at radius 1 is 0.967 bits per heavy atom. The van der Waals surface area contributed by atoms with Crippen molar-refractivity contribution >= 4 is 21.7 Å². The lowest BCUT2D eigenvalue weighted by Crippen LogP contribution is -2.33. The van der Waals surface area contributed by atoms with Gasteiger partial charge in [0.1, 0.15) is 6.10 Å². The Labute approximate surface area is 176 Å². The second-order valence-electron chi connectivity index (χ2n) is 7.57. The van der Waals surface area contributed by atoms with Crippen molar-refractivity contribution in [2.45, 2.75) is 44.7 Å². The van der Waals surface area contributed by atoms with Gasteiger partial charge in [-0.05, 0) is 57.0 Å². The first-order chi connectivity index (χ1) is 14.2. The fourth-order valence-corrected chi connectivity index (χ4v) is 4.47. The third-order valence-electron chi connectivity index (χ3n) is 5.21. The van der Waals surface area contributed by atoms with Crippen LogP contribution in [0.15, 0.2) is 53.4 Å². The highest BCUT2D eigenvalue weighted by molar-refractivity contribution is 7.92. The standard InChI is InChI=1S/C22H24N4O3S/c1-13-7-5-8-14(2)21(13)19-12-20-25-22(24-19)26-30(27,28)18-10-6-9-17(11-18)23-15(3)16(4)29-20/h5-12,15-16,23H,1-4H3,(H,24,25,26)/t15-,16+/m1/s1. The number of fused-ring (bicyclic) bond motifs is 4. The molecule has 0 saturated carbocycles. The molecule has 30 heavy (non-hydrogen) atoms. The van der Waals surface area contributed by atoms with Crippen LogP contribution in [0.25, 0.3) is 11.3 Å². The number of nitrogens with zero attached hydrogens (tertiary/aromatic N) is 2. The molecule has 0 fully saturated rings. The van der Waals surface area contributed by atoms with Crippen LogP contribution in [-0.2, 0) is 10.0 Å². The summed E-state index contributed by atoms with van der Waals surface area (Å²) >= 11 is 0. The molecule has 4 bridgehead atoms. The van der Waals surface area contributed by atoms with Crippen molar-refractivity contribution in [2.24, 2.45) is 0 Å². The summed E-state index contributed by atoms with van der Waals surface area (Å²) in [5.74, 6) is 0.287. The van der Waals surface area contributed by atoms with Gasteiger partial charge in [-0.1, -0.05) is 24.3 Å². The maximum Gasteiger partial charge on any atom is 0.264 e. The van der Waals surface area contributed by atoms with Crippen molar-refractivity contribution in [3.8, 4) is 17.1 Å². The summed E-state index contributed by atoms with van der Waals surface area (Å²) < 4.78 is 34.5. The lowest BCUT2D eigenvalue weighted by molar-refractivity contribution is 0.196. The molecule has 0 aliphatic carbocycles. The van der Waals surface area contributed by atoms with E-state index in [1.165, 1.54) is 0 Å². The van der Waals surface area contributed by atoms with Crippen LogP contribution in [0.3, 0.4) is 0 Å². The molecule has 0 saturated heterocycles. The molecule has 7 nitrogen and oxygen atoms in total. The van der Waals surface area contributed by atoms with Gasteiger partial charge in [-0.2, -0.15) is 4.98 Å². The number of benzene rings is 2. The molecule has 2 atom stereocenters. The number of nitrogens with one attached hydrogen (secondary N) is 2. The van der Waals surface area contributed by atoms with E-state index in [0.717, 1.165) is 16.7 Å². The molecule has 1 aliphatic rings. The zero-order valence-electron chi connectivity index (χ0n) is 17.3. The minimum Gasteiger partial charge on any atom is -0.472 e. The van der Waals surface area contributed by atoms with Gasteiger partial charge in [0.15, 0.2) is 0 Å². The van der Waals surface area contributed by atoms with Crippen molar-refractivity contribution in [1.82, 2.24) is 9.97 Å². The first kappa shape index (κ1) is 20.2. The normalized spacial score (nSPS) is 20.0. The highest BCUT2D eigenvalue weighted by Crippen LogP contribution is 2.30. The molecule has 0 amide bonds. The van der Waals surface area contributed by atoms with Crippen LogP contribution in [0.2, 0.25) is 0 Å². The summed E-state index contributed by atoms with van der Waals surface area (Å²) in [7, 11) is -3.87. The van der Waals surface area contributed by atoms with Crippen LogP contribution in [0.5, 0.6) is 5.88 Å². The summed E-state index contributed by atoms with van der Waals surface area (Å²) in [4.78, 5) is 8.96. The first-order valence-electron chi connectivity index (χ1n) is 9.75. The summed E-state index contributed by atoms with van der Waals surface area (Å²) in [6.07, 6.45) is -0.224. The fourth-order valence-electron chi connectivity index (χ4n) is 3.48. The van der Waals surface area contributed by atoms with Crippen LogP contribution >= 0.6 is 0 Å². The molecule has 0 unspecified atom stereocenters. The number of aryl methyl sites for hydroxylation is 2. The molecule has 1 aromatic heterocycles. The highest BCUT2D eigenvalue weighted by atomic mass is 32.2. The molecule has 156 valence electrons. The second-order valence-corrected chi connectivity index (χ2v) is 9.25. The predicted molar refractivity (Wildman–Crippen MR) is 117 cm³/mol. The van der Waals surface area contributed by atoms with Gasteiger partial charge in [0.2, 0.25) is 11.8 Å². The largest absolute Gasteiger partial charge is 0.472 e. The van der Waals surface area contributed by atoms with Gasteiger partial charge in [0.25, 0.3) is 10.0 Å². The monoisotopic (exact) mass is 424 g/mol.